The predicted molar refractivity (Wildman–Crippen MR) is 200 cm³/mol. The summed E-state index contributed by atoms with van der Waals surface area (Å²) >= 11 is 0. The standard InChI is InChI=1S/C41H44N4O6/c1-49-40(47)43-34-18-13-31(14-19-34)36(32-15-20-35(21-16-32)44-41(48)50-2)23-24-45(26-29-9-5-3-6-10-29)38(27-46)33-17-22-39(37(42)25-33)51-28-30-11-7-4-8-12-30/h3-22,25,36,38,46H,23-24,26-28,42H2,1-2H3,(H,43,47)(H,44,48). The molecule has 5 aromatic rings. The van der Waals surface area contributed by atoms with Crippen LogP contribution in [0.2, 0.25) is 0 Å². The van der Waals surface area contributed by atoms with Crippen molar-refractivity contribution in [2.45, 2.75) is 31.5 Å². The number of nitrogen functional groups attached to an aromatic ring is 1. The summed E-state index contributed by atoms with van der Waals surface area (Å²) in [7, 11) is 2.64. The van der Waals surface area contributed by atoms with Crippen molar-refractivity contribution in [2.75, 3.05) is 43.7 Å². The fraction of sp³-hybridized carbons (Fsp3) is 0.220. The Morgan fingerprint density at radius 3 is 1.71 bits per heavy atom. The zero-order valence-corrected chi connectivity index (χ0v) is 28.8. The molecule has 0 saturated carbocycles. The number of nitrogens with zero attached hydrogens (tertiary/aromatic N) is 1. The van der Waals surface area contributed by atoms with Crippen molar-refractivity contribution in [2.24, 2.45) is 0 Å². The van der Waals surface area contributed by atoms with Gasteiger partial charge >= 0.3 is 12.2 Å². The number of anilines is 3. The van der Waals surface area contributed by atoms with Crippen LogP contribution in [0.4, 0.5) is 26.7 Å². The number of methoxy groups -OCH3 is 2. The minimum Gasteiger partial charge on any atom is -0.487 e. The maximum atomic E-state index is 11.8. The van der Waals surface area contributed by atoms with Gasteiger partial charge in [0, 0.05) is 30.4 Å². The second kappa shape index (κ2) is 18.2. The van der Waals surface area contributed by atoms with E-state index < -0.39 is 12.2 Å². The molecule has 0 spiro atoms. The molecular weight excluding hydrogens is 644 g/mol. The summed E-state index contributed by atoms with van der Waals surface area (Å²) in [4.78, 5) is 25.9. The summed E-state index contributed by atoms with van der Waals surface area (Å²) in [5, 5.41) is 16.3. The van der Waals surface area contributed by atoms with Crippen LogP contribution in [0.1, 0.15) is 46.2 Å². The molecule has 5 N–H and O–H groups in total. The number of amides is 2. The number of hydrogen-bond donors (Lipinski definition) is 4. The third-order valence-electron chi connectivity index (χ3n) is 8.69. The fourth-order valence-electron chi connectivity index (χ4n) is 5.99. The van der Waals surface area contributed by atoms with E-state index in [-0.39, 0.29) is 18.6 Å². The number of aliphatic hydroxyl groups is 1. The highest BCUT2D eigenvalue weighted by molar-refractivity contribution is 5.85. The van der Waals surface area contributed by atoms with Gasteiger partial charge in [-0.3, -0.25) is 15.5 Å². The number of aliphatic hydroxyl groups excluding tert-OH is 1. The van der Waals surface area contributed by atoms with Crippen LogP contribution >= 0.6 is 0 Å². The molecular formula is C41H44N4O6. The maximum absolute atomic E-state index is 11.8. The molecule has 0 saturated heterocycles. The SMILES string of the molecule is COC(=O)Nc1ccc(C(CCN(Cc2ccccc2)C(CO)c2ccc(OCc3ccccc3)c(N)c2)c2ccc(NC(=O)OC)cc2)cc1. The van der Waals surface area contributed by atoms with Crippen molar-refractivity contribution >= 4 is 29.2 Å². The number of hydrogen-bond acceptors (Lipinski definition) is 8. The maximum Gasteiger partial charge on any atom is 0.411 e. The minimum absolute atomic E-state index is 0.0687. The predicted octanol–water partition coefficient (Wildman–Crippen LogP) is 7.96. The first-order valence-electron chi connectivity index (χ1n) is 16.7. The lowest BCUT2D eigenvalue weighted by Gasteiger charge is -2.33. The molecule has 2 amide bonds. The zero-order valence-electron chi connectivity index (χ0n) is 28.8. The Morgan fingerprint density at radius 1 is 0.706 bits per heavy atom. The summed E-state index contributed by atoms with van der Waals surface area (Å²) in [6.07, 6.45) is -0.406. The second-order valence-corrected chi connectivity index (χ2v) is 12.0. The van der Waals surface area contributed by atoms with E-state index in [9.17, 15) is 14.7 Å². The first kappa shape index (κ1) is 36.4. The zero-order chi connectivity index (χ0) is 36.0. The molecule has 0 radical (unpaired) electrons. The van der Waals surface area contributed by atoms with Gasteiger partial charge in [-0.15, -0.1) is 0 Å². The van der Waals surface area contributed by atoms with Crippen molar-refractivity contribution in [1.82, 2.24) is 4.90 Å². The average Bonchev–Trinajstić information content (AvgIpc) is 3.16. The molecule has 0 bridgehead atoms. The Bertz CT molecular complexity index is 1780. The van der Waals surface area contributed by atoms with Gasteiger partial charge in [-0.2, -0.15) is 0 Å². The van der Waals surface area contributed by atoms with Crippen molar-refractivity contribution < 1.29 is 28.9 Å². The van der Waals surface area contributed by atoms with Gasteiger partial charge in [-0.1, -0.05) is 91.0 Å². The summed E-state index contributed by atoms with van der Waals surface area (Å²) in [6.45, 7) is 1.48. The normalized spacial score (nSPS) is 11.5. The van der Waals surface area contributed by atoms with Crippen LogP contribution in [-0.2, 0) is 22.6 Å². The Labute approximate surface area is 298 Å². The third-order valence-corrected chi connectivity index (χ3v) is 8.69. The largest absolute Gasteiger partial charge is 0.487 e. The Morgan fingerprint density at radius 2 is 1.22 bits per heavy atom. The topological polar surface area (TPSA) is 135 Å². The smallest absolute Gasteiger partial charge is 0.411 e. The molecule has 264 valence electrons. The van der Waals surface area contributed by atoms with E-state index in [1.807, 2.05) is 115 Å². The van der Waals surface area contributed by atoms with E-state index in [1.165, 1.54) is 14.2 Å². The second-order valence-electron chi connectivity index (χ2n) is 12.0. The molecule has 0 heterocycles. The highest BCUT2D eigenvalue weighted by atomic mass is 16.5. The molecule has 0 aliphatic rings. The molecule has 0 aliphatic carbocycles. The molecule has 10 nitrogen and oxygen atoms in total. The average molecular weight is 689 g/mol. The van der Waals surface area contributed by atoms with Gasteiger partial charge in [0.15, 0.2) is 0 Å². The van der Waals surface area contributed by atoms with Crippen LogP contribution in [0.25, 0.3) is 0 Å². The van der Waals surface area contributed by atoms with Crippen molar-refractivity contribution in [3.63, 3.8) is 0 Å². The van der Waals surface area contributed by atoms with Gasteiger partial charge in [-0.25, -0.2) is 9.59 Å². The van der Waals surface area contributed by atoms with E-state index >= 15 is 0 Å². The highest BCUT2D eigenvalue weighted by Gasteiger charge is 2.24. The number of nitrogens with two attached hydrogens (primary N) is 1. The van der Waals surface area contributed by atoms with E-state index in [1.54, 1.807) is 0 Å². The van der Waals surface area contributed by atoms with Gasteiger partial charge in [-0.05, 0) is 70.6 Å². The van der Waals surface area contributed by atoms with E-state index in [2.05, 4.69) is 27.7 Å². The number of nitrogens with one attached hydrogen (secondary N) is 2. The van der Waals surface area contributed by atoms with E-state index in [0.717, 1.165) is 27.8 Å². The summed E-state index contributed by atoms with van der Waals surface area (Å²) < 4.78 is 15.5. The summed E-state index contributed by atoms with van der Waals surface area (Å²) in [6, 6.07) is 40.7. The highest BCUT2D eigenvalue weighted by Crippen LogP contribution is 2.34. The number of carbonyl (C=O) groups is 2. The van der Waals surface area contributed by atoms with E-state index in [0.29, 0.717) is 48.9 Å². The molecule has 1 atom stereocenters. The first-order chi connectivity index (χ1) is 24.9. The number of benzene rings is 5. The van der Waals surface area contributed by atoms with Crippen molar-refractivity contribution in [3.8, 4) is 5.75 Å². The molecule has 10 heteroatoms. The van der Waals surface area contributed by atoms with Gasteiger partial charge in [0.25, 0.3) is 0 Å². The summed E-state index contributed by atoms with van der Waals surface area (Å²) in [5.74, 6) is 0.519. The van der Waals surface area contributed by atoms with Gasteiger partial charge < -0.3 is 25.1 Å². The van der Waals surface area contributed by atoms with Crippen LogP contribution in [0.5, 0.6) is 5.75 Å². The fourth-order valence-corrected chi connectivity index (χ4v) is 5.99. The van der Waals surface area contributed by atoms with Gasteiger partial charge in [0.1, 0.15) is 12.4 Å². The van der Waals surface area contributed by atoms with E-state index in [4.69, 9.17) is 19.9 Å². The molecule has 0 aromatic heterocycles. The molecule has 1 unspecified atom stereocenters. The third kappa shape index (κ3) is 10.3. The van der Waals surface area contributed by atoms with Crippen LogP contribution in [0, 0.1) is 0 Å². The Hall–Kier alpha value is -5.84. The van der Waals surface area contributed by atoms with Gasteiger partial charge in [0.2, 0.25) is 0 Å². The number of ether oxygens (including phenoxy) is 3. The first-order valence-corrected chi connectivity index (χ1v) is 16.7. The Kier molecular flexibility index (Phi) is 13.0. The lowest BCUT2D eigenvalue weighted by Crippen LogP contribution is -2.32. The number of rotatable bonds is 15. The molecule has 5 rings (SSSR count). The lowest BCUT2D eigenvalue weighted by molar-refractivity contribution is 0.114. The van der Waals surface area contributed by atoms with Gasteiger partial charge in [0.05, 0.1) is 32.6 Å². The molecule has 0 fully saturated rings. The molecule has 5 aromatic carbocycles. The van der Waals surface area contributed by atoms with Crippen LogP contribution in [-0.4, -0.2) is 49.6 Å². The molecule has 0 aliphatic heterocycles. The quantitative estimate of drug-likeness (QED) is 0.0814. The Balaban J connectivity index is 1.42. The van der Waals surface area contributed by atoms with Crippen molar-refractivity contribution in [1.29, 1.82) is 0 Å². The summed E-state index contributed by atoms with van der Waals surface area (Å²) in [5.41, 5.74) is 13.3. The monoisotopic (exact) mass is 688 g/mol. The number of carbonyl (C=O) groups excluding carboxylic acids is 2. The lowest BCUT2D eigenvalue weighted by atomic mass is 9.87. The van der Waals surface area contributed by atoms with Crippen LogP contribution < -0.4 is 21.1 Å². The van der Waals surface area contributed by atoms with Crippen LogP contribution in [0.15, 0.2) is 127 Å². The van der Waals surface area contributed by atoms with Crippen molar-refractivity contribution in [3.05, 3.63) is 155 Å². The van der Waals surface area contributed by atoms with Crippen LogP contribution in [0.3, 0.4) is 0 Å². The molecule has 51 heavy (non-hydrogen) atoms. The minimum atomic E-state index is -0.545.